The van der Waals surface area contributed by atoms with Gasteiger partial charge in [0, 0.05) is 12.1 Å². The molecule has 0 aliphatic rings. The number of alkyl halides is 3. The van der Waals surface area contributed by atoms with E-state index in [0.29, 0.717) is 0 Å². The highest BCUT2D eigenvalue weighted by Gasteiger charge is 2.33. The van der Waals surface area contributed by atoms with Gasteiger partial charge in [0.1, 0.15) is 6.07 Å². The van der Waals surface area contributed by atoms with Crippen molar-refractivity contribution in [1.82, 2.24) is 0 Å². The van der Waals surface area contributed by atoms with Crippen LogP contribution < -0.4 is 9.47 Å². The summed E-state index contributed by atoms with van der Waals surface area (Å²) >= 11 is 0. The zero-order valence-electron chi connectivity index (χ0n) is 10.6. The van der Waals surface area contributed by atoms with Crippen LogP contribution in [0.15, 0.2) is 12.1 Å². The fraction of sp³-hybridized carbons (Fsp3) is 0.333. The molecule has 1 aromatic rings. The van der Waals surface area contributed by atoms with Crippen molar-refractivity contribution < 1.29 is 32.2 Å². The van der Waals surface area contributed by atoms with Gasteiger partial charge in [-0.05, 0) is 6.92 Å². The van der Waals surface area contributed by atoms with Crippen molar-refractivity contribution in [2.75, 3.05) is 13.7 Å². The summed E-state index contributed by atoms with van der Waals surface area (Å²) in [6.07, 6.45) is -4.95. The van der Waals surface area contributed by atoms with Crippen molar-refractivity contribution in [3.8, 4) is 17.6 Å². The zero-order chi connectivity index (χ0) is 15.3. The second-order valence-corrected chi connectivity index (χ2v) is 3.43. The molecule has 0 saturated carbocycles. The molecule has 20 heavy (non-hydrogen) atoms. The smallest absolute Gasteiger partial charge is 0.493 e. The number of carbonyl (C=O) groups is 1. The lowest BCUT2D eigenvalue weighted by Gasteiger charge is -2.14. The summed E-state index contributed by atoms with van der Waals surface area (Å²) in [7, 11) is 1.11. The summed E-state index contributed by atoms with van der Waals surface area (Å²) < 4.78 is 49.9. The van der Waals surface area contributed by atoms with E-state index in [0.717, 1.165) is 19.2 Å². The molecule has 5 nitrogen and oxygen atoms in total. The van der Waals surface area contributed by atoms with Crippen LogP contribution in [0.4, 0.5) is 13.2 Å². The SMILES string of the molecule is CCOC(=O)c1cc(OC(F)(F)F)c(OC)cc1C#N. The fourth-order valence-electron chi connectivity index (χ4n) is 1.39. The predicted octanol–water partition coefficient (Wildman–Crippen LogP) is 2.64. The molecule has 0 heterocycles. The van der Waals surface area contributed by atoms with E-state index in [9.17, 15) is 18.0 Å². The van der Waals surface area contributed by atoms with E-state index >= 15 is 0 Å². The Hall–Kier alpha value is -2.43. The van der Waals surface area contributed by atoms with Gasteiger partial charge in [0.15, 0.2) is 11.5 Å². The summed E-state index contributed by atoms with van der Waals surface area (Å²) in [5.41, 5.74) is -0.496. The zero-order valence-corrected chi connectivity index (χ0v) is 10.6. The van der Waals surface area contributed by atoms with Crippen LogP contribution in [0, 0.1) is 11.3 Å². The Bertz CT molecular complexity index is 549. The van der Waals surface area contributed by atoms with Crippen molar-refractivity contribution in [3.05, 3.63) is 23.3 Å². The Morgan fingerprint density at radius 3 is 2.45 bits per heavy atom. The number of nitrogens with zero attached hydrogens (tertiary/aromatic N) is 1. The third kappa shape index (κ3) is 3.78. The Morgan fingerprint density at radius 1 is 1.35 bits per heavy atom. The third-order valence-electron chi connectivity index (χ3n) is 2.15. The number of hydrogen-bond donors (Lipinski definition) is 0. The minimum atomic E-state index is -4.95. The third-order valence-corrected chi connectivity index (χ3v) is 2.15. The van der Waals surface area contributed by atoms with Gasteiger partial charge in [0.25, 0.3) is 0 Å². The Morgan fingerprint density at radius 2 is 2.00 bits per heavy atom. The quantitative estimate of drug-likeness (QED) is 0.797. The Labute approximate surface area is 112 Å². The van der Waals surface area contributed by atoms with Crippen LogP contribution in [-0.2, 0) is 4.74 Å². The van der Waals surface area contributed by atoms with Crippen molar-refractivity contribution in [2.24, 2.45) is 0 Å². The second-order valence-electron chi connectivity index (χ2n) is 3.43. The molecular weight excluding hydrogens is 279 g/mol. The molecule has 8 heteroatoms. The first-order valence-corrected chi connectivity index (χ1v) is 5.37. The molecule has 0 aliphatic heterocycles. The van der Waals surface area contributed by atoms with Crippen molar-refractivity contribution in [1.29, 1.82) is 5.26 Å². The van der Waals surface area contributed by atoms with Crippen LogP contribution in [0.25, 0.3) is 0 Å². The highest BCUT2D eigenvalue weighted by molar-refractivity contribution is 5.93. The first-order chi connectivity index (χ1) is 9.32. The number of benzene rings is 1. The Kier molecular flexibility index (Phi) is 4.80. The number of ether oxygens (including phenoxy) is 3. The lowest BCUT2D eigenvalue weighted by Crippen LogP contribution is -2.18. The average molecular weight is 289 g/mol. The number of esters is 1. The maximum Gasteiger partial charge on any atom is 0.573 e. The molecule has 0 atom stereocenters. The minimum absolute atomic E-state index is 0.0190. The molecule has 0 aromatic heterocycles. The van der Waals surface area contributed by atoms with Gasteiger partial charge >= 0.3 is 12.3 Å². The fourth-order valence-corrected chi connectivity index (χ4v) is 1.39. The van der Waals surface area contributed by atoms with E-state index in [1.54, 1.807) is 6.07 Å². The maximum absolute atomic E-state index is 12.3. The first kappa shape index (κ1) is 15.6. The van der Waals surface area contributed by atoms with Crippen LogP contribution in [0.3, 0.4) is 0 Å². The summed E-state index contributed by atoms with van der Waals surface area (Å²) in [4.78, 5) is 11.6. The van der Waals surface area contributed by atoms with Crippen LogP contribution in [0.1, 0.15) is 22.8 Å². The Balaban J connectivity index is 3.34. The molecular formula is C12H10F3NO4. The molecule has 0 amide bonds. The van der Waals surface area contributed by atoms with Crippen LogP contribution >= 0.6 is 0 Å². The normalized spacial score (nSPS) is 10.6. The van der Waals surface area contributed by atoms with Crippen LogP contribution in [0.2, 0.25) is 0 Å². The second kappa shape index (κ2) is 6.14. The molecule has 0 unspecified atom stereocenters. The lowest BCUT2D eigenvalue weighted by molar-refractivity contribution is -0.275. The topological polar surface area (TPSA) is 68.6 Å². The predicted molar refractivity (Wildman–Crippen MR) is 60.3 cm³/mol. The van der Waals surface area contributed by atoms with Gasteiger partial charge in [0.05, 0.1) is 24.8 Å². The first-order valence-electron chi connectivity index (χ1n) is 5.37. The molecule has 1 aromatic carbocycles. The molecule has 1 rings (SSSR count). The van der Waals surface area contributed by atoms with Gasteiger partial charge in [-0.15, -0.1) is 13.2 Å². The monoisotopic (exact) mass is 289 g/mol. The molecule has 0 spiro atoms. The lowest BCUT2D eigenvalue weighted by atomic mass is 10.1. The largest absolute Gasteiger partial charge is 0.573 e. The van der Waals surface area contributed by atoms with Crippen LogP contribution in [0.5, 0.6) is 11.5 Å². The van der Waals surface area contributed by atoms with E-state index in [-0.39, 0.29) is 23.5 Å². The van der Waals surface area contributed by atoms with E-state index in [1.165, 1.54) is 6.92 Å². The van der Waals surface area contributed by atoms with Crippen molar-refractivity contribution in [3.63, 3.8) is 0 Å². The summed E-state index contributed by atoms with van der Waals surface area (Å²) in [5.74, 6) is -1.95. The van der Waals surface area contributed by atoms with Gasteiger partial charge in [0.2, 0.25) is 0 Å². The van der Waals surface area contributed by atoms with E-state index in [2.05, 4.69) is 9.47 Å². The number of rotatable bonds is 4. The number of carbonyl (C=O) groups excluding carboxylic acids is 1. The van der Waals surface area contributed by atoms with Gasteiger partial charge in [-0.3, -0.25) is 0 Å². The highest BCUT2D eigenvalue weighted by Crippen LogP contribution is 2.34. The van der Waals surface area contributed by atoms with Gasteiger partial charge < -0.3 is 14.2 Å². The van der Waals surface area contributed by atoms with Crippen LogP contribution in [-0.4, -0.2) is 26.0 Å². The molecule has 108 valence electrons. The standard InChI is InChI=1S/C12H10F3NO4/c1-3-19-11(17)8-5-10(20-12(13,14)15)9(18-2)4-7(8)6-16/h4-5H,3H2,1-2H3. The van der Waals surface area contributed by atoms with Gasteiger partial charge in [-0.2, -0.15) is 5.26 Å². The highest BCUT2D eigenvalue weighted by atomic mass is 19.4. The molecule has 0 radical (unpaired) electrons. The van der Waals surface area contributed by atoms with Gasteiger partial charge in [-0.1, -0.05) is 0 Å². The number of halogens is 3. The minimum Gasteiger partial charge on any atom is -0.493 e. The maximum atomic E-state index is 12.3. The summed E-state index contributed by atoms with van der Waals surface area (Å²) in [6.45, 7) is 1.55. The molecule has 0 fully saturated rings. The van der Waals surface area contributed by atoms with E-state index in [1.807, 2.05) is 0 Å². The average Bonchev–Trinajstić information content (AvgIpc) is 2.36. The van der Waals surface area contributed by atoms with E-state index in [4.69, 9.17) is 10.00 Å². The number of methoxy groups -OCH3 is 1. The number of nitriles is 1. The molecule has 0 bridgehead atoms. The summed E-state index contributed by atoms with van der Waals surface area (Å²) in [6, 6.07) is 3.43. The number of hydrogen-bond acceptors (Lipinski definition) is 5. The van der Waals surface area contributed by atoms with E-state index < -0.39 is 18.1 Å². The molecule has 0 saturated heterocycles. The summed E-state index contributed by atoms with van der Waals surface area (Å²) in [5, 5.41) is 8.90. The van der Waals surface area contributed by atoms with Crippen molar-refractivity contribution in [2.45, 2.75) is 13.3 Å². The van der Waals surface area contributed by atoms with Crippen molar-refractivity contribution >= 4 is 5.97 Å². The molecule has 0 N–H and O–H groups in total. The molecule has 0 aliphatic carbocycles. The van der Waals surface area contributed by atoms with Gasteiger partial charge in [-0.25, -0.2) is 4.79 Å².